The van der Waals surface area contributed by atoms with Gasteiger partial charge in [-0.25, -0.2) is 0 Å². The lowest BCUT2D eigenvalue weighted by atomic mass is 9.58. The van der Waals surface area contributed by atoms with Crippen LogP contribution in [-0.4, -0.2) is 5.78 Å². The van der Waals surface area contributed by atoms with Gasteiger partial charge in [-0.2, -0.15) is 0 Å². The minimum atomic E-state index is 0.259. The van der Waals surface area contributed by atoms with E-state index in [4.69, 9.17) is 0 Å². The summed E-state index contributed by atoms with van der Waals surface area (Å²) in [5.74, 6) is 1.06. The molecule has 2 aliphatic carbocycles. The van der Waals surface area contributed by atoms with Gasteiger partial charge >= 0.3 is 0 Å². The van der Waals surface area contributed by atoms with E-state index in [0.717, 1.165) is 25.7 Å². The molecule has 0 N–H and O–H groups in total. The predicted molar refractivity (Wildman–Crippen MR) is 69.2 cm³/mol. The summed E-state index contributed by atoms with van der Waals surface area (Å²) in [6, 6.07) is 6.88. The SMILES string of the molecule is Cc1ccc2c(c1)CC[C@@H]1CC(=O)CC[C@]21C. The molecular formula is C16H20O. The van der Waals surface area contributed by atoms with Crippen LogP contribution in [0.4, 0.5) is 0 Å². The van der Waals surface area contributed by atoms with Crippen molar-refractivity contribution in [2.24, 2.45) is 5.92 Å². The maximum absolute atomic E-state index is 11.6. The van der Waals surface area contributed by atoms with Crippen molar-refractivity contribution in [2.75, 3.05) is 0 Å². The third-order valence-electron chi connectivity index (χ3n) is 4.94. The highest BCUT2D eigenvalue weighted by molar-refractivity contribution is 5.80. The van der Waals surface area contributed by atoms with Gasteiger partial charge in [-0.15, -0.1) is 0 Å². The summed E-state index contributed by atoms with van der Waals surface area (Å²) in [6.07, 6.45) is 4.99. The van der Waals surface area contributed by atoms with Crippen LogP contribution in [0.3, 0.4) is 0 Å². The van der Waals surface area contributed by atoms with Crippen LogP contribution in [0.1, 0.15) is 49.3 Å². The molecule has 17 heavy (non-hydrogen) atoms. The number of Topliss-reactive ketones (excluding diaryl/α,β-unsaturated/α-hetero) is 1. The average molecular weight is 228 g/mol. The summed E-state index contributed by atoms with van der Waals surface area (Å²) in [4.78, 5) is 11.6. The van der Waals surface area contributed by atoms with Crippen molar-refractivity contribution < 1.29 is 4.79 Å². The van der Waals surface area contributed by atoms with Crippen LogP contribution in [0.2, 0.25) is 0 Å². The van der Waals surface area contributed by atoms with E-state index in [-0.39, 0.29) is 5.41 Å². The molecule has 1 saturated carbocycles. The van der Waals surface area contributed by atoms with Crippen LogP contribution in [0, 0.1) is 12.8 Å². The molecule has 0 amide bonds. The van der Waals surface area contributed by atoms with Crippen LogP contribution in [0.5, 0.6) is 0 Å². The van der Waals surface area contributed by atoms with Crippen molar-refractivity contribution in [3.8, 4) is 0 Å². The number of aryl methyl sites for hydroxylation is 2. The summed E-state index contributed by atoms with van der Waals surface area (Å²) >= 11 is 0. The lowest BCUT2D eigenvalue weighted by Crippen LogP contribution is -2.41. The summed E-state index contributed by atoms with van der Waals surface area (Å²) in [5.41, 5.74) is 4.66. The van der Waals surface area contributed by atoms with Gasteiger partial charge in [0.25, 0.3) is 0 Å². The fraction of sp³-hybridized carbons (Fsp3) is 0.562. The first-order valence-corrected chi connectivity index (χ1v) is 6.71. The molecule has 1 aromatic rings. The van der Waals surface area contributed by atoms with Gasteiger partial charge in [-0.05, 0) is 48.6 Å². The van der Waals surface area contributed by atoms with Gasteiger partial charge in [-0.1, -0.05) is 30.7 Å². The maximum Gasteiger partial charge on any atom is 0.133 e. The van der Waals surface area contributed by atoms with E-state index in [2.05, 4.69) is 32.0 Å². The number of carbonyl (C=O) groups excluding carboxylic acids is 1. The molecule has 90 valence electrons. The second kappa shape index (κ2) is 3.69. The van der Waals surface area contributed by atoms with Crippen molar-refractivity contribution in [1.29, 1.82) is 0 Å². The highest BCUT2D eigenvalue weighted by Gasteiger charge is 2.43. The van der Waals surface area contributed by atoms with Gasteiger partial charge in [0, 0.05) is 12.8 Å². The lowest BCUT2D eigenvalue weighted by Gasteiger charge is -2.46. The molecule has 0 saturated heterocycles. The quantitative estimate of drug-likeness (QED) is 0.663. The molecule has 2 atom stereocenters. The smallest absolute Gasteiger partial charge is 0.133 e. The second-order valence-corrected chi connectivity index (χ2v) is 6.06. The zero-order valence-electron chi connectivity index (χ0n) is 10.8. The molecule has 1 fully saturated rings. The van der Waals surface area contributed by atoms with E-state index >= 15 is 0 Å². The number of ketones is 1. The number of hydrogen-bond acceptors (Lipinski definition) is 1. The van der Waals surface area contributed by atoms with Crippen molar-refractivity contribution in [3.05, 3.63) is 34.9 Å². The summed E-state index contributed by atoms with van der Waals surface area (Å²) < 4.78 is 0. The molecule has 1 nitrogen and oxygen atoms in total. The van der Waals surface area contributed by atoms with E-state index in [1.165, 1.54) is 23.1 Å². The fourth-order valence-electron chi connectivity index (χ4n) is 3.80. The van der Waals surface area contributed by atoms with Crippen LogP contribution in [0.25, 0.3) is 0 Å². The number of hydrogen-bond donors (Lipinski definition) is 0. The topological polar surface area (TPSA) is 17.1 Å². The molecule has 1 heteroatoms. The van der Waals surface area contributed by atoms with Crippen LogP contribution < -0.4 is 0 Å². The fourth-order valence-corrected chi connectivity index (χ4v) is 3.80. The van der Waals surface area contributed by atoms with Gasteiger partial charge in [0.1, 0.15) is 5.78 Å². The third-order valence-corrected chi connectivity index (χ3v) is 4.94. The van der Waals surface area contributed by atoms with E-state index in [1.807, 2.05) is 0 Å². The number of rotatable bonds is 0. The lowest BCUT2D eigenvalue weighted by molar-refractivity contribution is -0.123. The molecule has 0 aromatic heterocycles. The molecule has 0 radical (unpaired) electrons. The van der Waals surface area contributed by atoms with Crippen molar-refractivity contribution in [1.82, 2.24) is 0 Å². The van der Waals surface area contributed by atoms with Crippen molar-refractivity contribution >= 4 is 5.78 Å². The molecule has 0 aliphatic heterocycles. The molecular weight excluding hydrogens is 208 g/mol. The van der Waals surface area contributed by atoms with Crippen LogP contribution in [-0.2, 0) is 16.6 Å². The Labute approximate surface area is 103 Å². The van der Waals surface area contributed by atoms with E-state index in [0.29, 0.717) is 11.7 Å². The highest BCUT2D eigenvalue weighted by Crippen LogP contribution is 2.48. The average Bonchev–Trinajstić information content (AvgIpc) is 2.30. The molecule has 0 heterocycles. The van der Waals surface area contributed by atoms with Gasteiger partial charge in [0.05, 0.1) is 0 Å². The van der Waals surface area contributed by atoms with E-state index in [9.17, 15) is 4.79 Å². The largest absolute Gasteiger partial charge is 0.300 e. The Morgan fingerprint density at radius 1 is 1.29 bits per heavy atom. The Morgan fingerprint density at radius 2 is 2.12 bits per heavy atom. The Bertz CT molecular complexity index is 474. The van der Waals surface area contributed by atoms with Crippen molar-refractivity contribution in [2.45, 2.75) is 51.4 Å². The van der Waals surface area contributed by atoms with Gasteiger partial charge < -0.3 is 0 Å². The van der Waals surface area contributed by atoms with Gasteiger partial charge in [-0.3, -0.25) is 4.79 Å². The molecule has 0 bridgehead atoms. The molecule has 2 aliphatic rings. The first-order chi connectivity index (χ1) is 8.09. The van der Waals surface area contributed by atoms with Crippen LogP contribution >= 0.6 is 0 Å². The normalized spacial score (nSPS) is 31.9. The Kier molecular flexibility index (Phi) is 2.39. The molecule has 3 rings (SSSR count). The first-order valence-electron chi connectivity index (χ1n) is 6.71. The molecule has 0 unspecified atom stereocenters. The summed E-state index contributed by atoms with van der Waals surface area (Å²) in [5, 5.41) is 0. The van der Waals surface area contributed by atoms with E-state index in [1.54, 1.807) is 0 Å². The highest BCUT2D eigenvalue weighted by atomic mass is 16.1. The minimum Gasteiger partial charge on any atom is -0.300 e. The zero-order chi connectivity index (χ0) is 12.0. The monoisotopic (exact) mass is 228 g/mol. The zero-order valence-corrected chi connectivity index (χ0v) is 10.8. The predicted octanol–water partition coefficient (Wildman–Crippen LogP) is 3.57. The summed E-state index contributed by atoms with van der Waals surface area (Å²) in [7, 11) is 0. The van der Waals surface area contributed by atoms with Crippen molar-refractivity contribution in [3.63, 3.8) is 0 Å². The van der Waals surface area contributed by atoms with Gasteiger partial charge in [0.15, 0.2) is 0 Å². The third kappa shape index (κ3) is 1.64. The van der Waals surface area contributed by atoms with Crippen LogP contribution in [0.15, 0.2) is 18.2 Å². The van der Waals surface area contributed by atoms with Gasteiger partial charge in [0.2, 0.25) is 0 Å². The summed E-state index contributed by atoms with van der Waals surface area (Å²) in [6.45, 7) is 4.54. The first kappa shape index (κ1) is 11.0. The Balaban J connectivity index is 2.07. The maximum atomic E-state index is 11.6. The number of fused-ring (bicyclic) bond motifs is 3. The Hall–Kier alpha value is -1.11. The standard InChI is InChI=1S/C16H20O/c1-11-3-6-15-12(9-11)4-5-13-10-14(17)7-8-16(13,15)2/h3,6,9,13H,4-5,7-8,10H2,1-2H3/t13-,16+/m1/s1. The second-order valence-electron chi connectivity index (χ2n) is 6.06. The molecule has 1 aromatic carbocycles. The minimum absolute atomic E-state index is 0.259. The number of benzene rings is 1. The molecule has 0 spiro atoms. The number of carbonyl (C=O) groups is 1. The Morgan fingerprint density at radius 3 is 2.94 bits per heavy atom. The van der Waals surface area contributed by atoms with E-state index < -0.39 is 0 Å².